The largest absolute Gasteiger partial charge is 0.384 e. The molecule has 0 bridgehead atoms. The topological polar surface area (TPSA) is 29.5 Å². The van der Waals surface area contributed by atoms with E-state index in [2.05, 4.69) is 13.2 Å². The van der Waals surface area contributed by atoms with Crippen LogP contribution in [0.4, 0.5) is 0 Å². The fourth-order valence-electron chi connectivity index (χ4n) is 1.06. The highest BCUT2D eigenvalue weighted by Gasteiger charge is 2.31. The molecule has 0 aromatic heterocycles. The summed E-state index contributed by atoms with van der Waals surface area (Å²) in [5.41, 5.74) is 0.595. The molecule has 1 aromatic rings. The highest BCUT2D eigenvalue weighted by atomic mass is 35.6. The summed E-state index contributed by atoms with van der Waals surface area (Å²) in [6, 6.07) is 8.78. The van der Waals surface area contributed by atoms with Crippen molar-refractivity contribution in [3.05, 3.63) is 61.2 Å². The third-order valence-electron chi connectivity index (χ3n) is 1.90. The Morgan fingerprint density at radius 1 is 1.11 bits per heavy atom. The van der Waals surface area contributed by atoms with Crippen LogP contribution in [0.5, 0.6) is 0 Å². The number of aliphatic hydroxyl groups excluding tert-OH is 1. The third-order valence-corrected chi connectivity index (χ3v) is 2.52. The van der Waals surface area contributed by atoms with Crippen LogP contribution in [0, 0.1) is 0 Å². The molecule has 0 amide bonds. The maximum atomic E-state index is 9.46. The second-order valence-electron chi connectivity index (χ2n) is 3.47. The normalized spacial score (nSPS) is 12.0. The fourth-order valence-corrected chi connectivity index (χ4v) is 1.44. The summed E-state index contributed by atoms with van der Waals surface area (Å²) in [6.07, 6.45) is 2.34. The van der Waals surface area contributed by atoms with Gasteiger partial charge in [-0.15, -0.1) is 13.2 Å². The second kappa shape index (κ2) is 10.3. The standard InChI is InChI=1S/C8H7Cl3O.C6H10O/c9-8(10,11)7(12)6-4-2-1-3-5-6;1-3-5-7-6-4-2/h1-5,7,12H;3-4H,1-2,5-6H2. The van der Waals surface area contributed by atoms with Crippen molar-refractivity contribution in [2.75, 3.05) is 13.2 Å². The van der Waals surface area contributed by atoms with Crippen LogP contribution in [0.1, 0.15) is 11.7 Å². The quantitative estimate of drug-likeness (QED) is 0.492. The maximum absolute atomic E-state index is 9.46. The molecule has 1 rings (SSSR count). The molecular formula is C14H17Cl3O2. The summed E-state index contributed by atoms with van der Waals surface area (Å²) in [5.74, 6) is 0. The van der Waals surface area contributed by atoms with Gasteiger partial charge in [-0.2, -0.15) is 0 Å². The van der Waals surface area contributed by atoms with Crippen LogP contribution in [-0.4, -0.2) is 22.1 Å². The first-order valence-corrected chi connectivity index (χ1v) is 6.66. The minimum Gasteiger partial charge on any atom is -0.384 e. The van der Waals surface area contributed by atoms with Crippen molar-refractivity contribution in [1.82, 2.24) is 0 Å². The molecule has 1 N–H and O–H groups in total. The highest BCUT2D eigenvalue weighted by Crippen LogP contribution is 2.39. The Bertz CT molecular complexity index is 353. The minimum absolute atomic E-state index is 0.595. The summed E-state index contributed by atoms with van der Waals surface area (Å²) in [7, 11) is 0. The third kappa shape index (κ3) is 9.09. The van der Waals surface area contributed by atoms with E-state index in [1.165, 1.54) is 0 Å². The molecule has 106 valence electrons. The maximum Gasteiger partial charge on any atom is 0.220 e. The Morgan fingerprint density at radius 3 is 1.95 bits per heavy atom. The SMILES string of the molecule is C=CCOCC=C.OC(c1ccccc1)C(Cl)(Cl)Cl. The van der Waals surface area contributed by atoms with E-state index in [9.17, 15) is 5.11 Å². The predicted molar refractivity (Wildman–Crippen MR) is 82.9 cm³/mol. The molecule has 0 spiro atoms. The van der Waals surface area contributed by atoms with Gasteiger partial charge in [0.2, 0.25) is 3.79 Å². The smallest absolute Gasteiger partial charge is 0.220 e. The molecular weight excluding hydrogens is 307 g/mol. The molecule has 0 aliphatic heterocycles. The van der Waals surface area contributed by atoms with Gasteiger partial charge in [0.05, 0.1) is 13.2 Å². The van der Waals surface area contributed by atoms with Crippen molar-refractivity contribution in [2.24, 2.45) is 0 Å². The van der Waals surface area contributed by atoms with Gasteiger partial charge in [-0.05, 0) is 5.56 Å². The van der Waals surface area contributed by atoms with Gasteiger partial charge in [0.1, 0.15) is 6.10 Å². The molecule has 1 unspecified atom stereocenters. The average Bonchev–Trinajstić information content (AvgIpc) is 2.39. The summed E-state index contributed by atoms with van der Waals surface area (Å²) in [4.78, 5) is 0. The van der Waals surface area contributed by atoms with Gasteiger partial charge in [0, 0.05) is 0 Å². The van der Waals surface area contributed by atoms with Crippen molar-refractivity contribution >= 4 is 34.8 Å². The lowest BCUT2D eigenvalue weighted by molar-refractivity contribution is 0.182. The van der Waals surface area contributed by atoms with E-state index in [4.69, 9.17) is 39.5 Å². The molecule has 0 heterocycles. The number of alkyl halides is 3. The van der Waals surface area contributed by atoms with Crippen LogP contribution in [0.25, 0.3) is 0 Å². The molecule has 0 radical (unpaired) electrons. The van der Waals surface area contributed by atoms with Crippen LogP contribution in [-0.2, 0) is 4.74 Å². The van der Waals surface area contributed by atoms with Crippen molar-refractivity contribution in [3.63, 3.8) is 0 Å². The number of aliphatic hydroxyl groups is 1. The molecule has 0 saturated carbocycles. The zero-order valence-electron chi connectivity index (χ0n) is 10.4. The lowest BCUT2D eigenvalue weighted by atomic mass is 10.1. The Kier molecular flexibility index (Phi) is 10.0. The Morgan fingerprint density at radius 2 is 1.58 bits per heavy atom. The van der Waals surface area contributed by atoms with E-state index in [0.29, 0.717) is 18.8 Å². The molecule has 19 heavy (non-hydrogen) atoms. The van der Waals surface area contributed by atoms with E-state index in [-0.39, 0.29) is 0 Å². The highest BCUT2D eigenvalue weighted by molar-refractivity contribution is 6.68. The lowest BCUT2D eigenvalue weighted by Gasteiger charge is -2.18. The summed E-state index contributed by atoms with van der Waals surface area (Å²) >= 11 is 16.5. The zero-order valence-corrected chi connectivity index (χ0v) is 12.7. The summed E-state index contributed by atoms with van der Waals surface area (Å²) in [6.45, 7) is 8.18. The fraction of sp³-hybridized carbons (Fsp3) is 0.286. The Labute approximate surface area is 129 Å². The van der Waals surface area contributed by atoms with Gasteiger partial charge in [-0.1, -0.05) is 77.3 Å². The lowest BCUT2D eigenvalue weighted by Crippen LogP contribution is -2.15. The Balaban J connectivity index is 0.000000399. The van der Waals surface area contributed by atoms with Crippen molar-refractivity contribution < 1.29 is 9.84 Å². The molecule has 1 aromatic carbocycles. The van der Waals surface area contributed by atoms with Crippen LogP contribution in [0.3, 0.4) is 0 Å². The molecule has 0 aliphatic carbocycles. The predicted octanol–water partition coefficient (Wildman–Crippen LogP) is 4.47. The van der Waals surface area contributed by atoms with E-state index < -0.39 is 9.90 Å². The number of hydrogen-bond donors (Lipinski definition) is 1. The van der Waals surface area contributed by atoms with Gasteiger partial charge in [-0.3, -0.25) is 0 Å². The zero-order chi connectivity index (χ0) is 14.7. The van der Waals surface area contributed by atoms with Crippen molar-refractivity contribution in [2.45, 2.75) is 9.90 Å². The molecule has 0 aliphatic rings. The first-order valence-electron chi connectivity index (χ1n) is 5.52. The molecule has 5 heteroatoms. The van der Waals surface area contributed by atoms with Crippen molar-refractivity contribution in [1.29, 1.82) is 0 Å². The average molecular weight is 324 g/mol. The number of benzene rings is 1. The van der Waals surface area contributed by atoms with Gasteiger partial charge >= 0.3 is 0 Å². The van der Waals surface area contributed by atoms with E-state index in [1.54, 1.807) is 36.4 Å². The van der Waals surface area contributed by atoms with Crippen LogP contribution in [0.2, 0.25) is 0 Å². The number of halogens is 3. The number of hydrogen-bond acceptors (Lipinski definition) is 2. The minimum atomic E-state index is -1.67. The Hall–Kier alpha value is -0.510. The van der Waals surface area contributed by atoms with Crippen LogP contribution in [0.15, 0.2) is 55.6 Å². The number of rotatable bonds is 5. The molecule has 0 fully saturated rings. The van der Waals surface area contributed by atoms with Gasteiger partial charge < -0.3 is 9.84 Å². The first-order chi connectivity index (χ1) is 8.93. The monoisotopic (exact) mass is 322 g/mol. The van der Waals surface area contributed by atoms with E-state index >= 15 is 0 Å². The van der Waals surface area contributed by atoms with Crippen molar-refractivity contribution in [3.8, 4) is 0 Å². The molecule has 1 atom stereocenters. The van der Waals surface area contributed by atoms with E-state index in [1.807, 2.05) is 6.07 Å². The molecule has 0 saturated heterocycles. The van der Waals surface area contributed by atoms with Crippen LogP contribution >= 0.6 is 34.8 Å². The van der Waals surface area contributed by atoms with Gasteiger partial charge in [0.25, 0.3) is 0 Å². The van der Waals surface area contributed by atoms with E-state index in [0.717, 1.165) is 0 Å². The van der Waals surface area contributed by atoms with Gasteiger partial charge in [0.15, 0.2) is 0 Å². The second-order valence-corrected chi connectivity index (χ2v) is 5.84. The van der Waals surface area contributed by atoms with Crippen LogP contribution < -0.4 is 0 Å². The molecule has 2 nitrogen and oxygen atoms in total. The first kappa shape index (κ1) is 18.5. The number of ether oxygens (including phenoxy) is 1. The van der Waals surface area contributed by atoms with Gasteiger partial charge in [-0.25, -0.2) is 0 Å². The summed E-state index contributed by atoms with van der Waals surface area (Å²) in [5, 5.41) is 9.46. The summed E-state index contributed by atoms with van der Waals surface area (Å²) < 4.78 is 3.23.